The van der Waals surface area contributed by atoms with Gasteiger partial charge in [0.05, 0.1) is 17.6 Å². The number of anilines is 1. The number of hydrogen-bond donors (Lipinski definition) is 2. The van der Waals surface area contributed by atoms with Crippen molar-refractivity contribution in [3.8, 4) is 5.88 Å². The van der Waals surface area contributed by atoms with E-state index in [9.17, 15) is 13.2 Å². The highest BCUT2D eigenvalue weighted by atomic mass is 32.2. The molecular weight excluding hydrogens is 320 g/mol. The maximum Gasteiger partial charge on any atom is 0.335 e. The first-order valence-corrected chi connectivity index (χ1v) is 7.96. The first-order chi connectivity index (χ1) is 10.7. The van der Waals surface area contributed by atoms with Crippen LogP contribution in [0.15, 0.2) is 47.5 Å². The van der Waals surface area contributed by atoms with E-state index in [2.05, 4.69) is 16.3 Å². The van der Waals surface area contributed by atoms with Gasteiger partial charge in [-0.2, -0.15) is 0 Å². The van der Waals surface area contributed by atoms with Crippen molar-refractivity contribution < 1.29 is 23.1 Å². The molecule has 7 nitrogen and oxygen atoms in total. The third-order valence-electron chi connectivity index (χ3n) is 2.75. The second-order valence-corrected chi connectivity index (χ2v) is 6.50. The molecule has 0 aliphatic heterocycles. The summed E-state index contributed by atoms with van der Waals surface area (Å²) in [4.78, 5) is 14.6. The summed E-state index contributed by atoms with van der Waals surface area (Å²) >= 11 is 0. The number of pyridine rings is 1. The number of aromatic nitrogens is 1. The molecule has 1 rings (SSSR count). The van der Waals surface area contributed by atoms with Crippen molar-refractivity contribution in [2.75, 3.05) is 11.8 Å². The lowest BCUT2D eigenvalue weighted by molar-refractivity contribution is -0.132. The highest BCUT2D eigenvalue weighted by molar-refractivity contribution is 7.96. The van der Waals surface area contributed by atoms with Crippen LogP contribution in [0.25, 0.3) is 0 Å². The second-order valence-electron chi connectivity index (χ2n) is 4.64. The van der Waals surface area contributed by atoms with Gasteiger partial charge in [-0.3, -0.25) is 4.72 Å². The van der Waals surface area contributed by atoms with Gasteiger partial charge in [0.1, 0.15) is 5.69 Å². The van der Waals surface area contributed by atoms with Gasteiger partial charge in [0.15, 0.2) is 0 Å². The molecule has 0 saturated heterocycles. The monoisotopic (exact) mass is 338 g/mol. The predicted molar refractivity (Wildman–Crippen MR) is 87.7 cm³/mol. The van der Waals surface area contributed by atoms with Crippen molar-refractivity contribution in [3.63, 3.8) is 0 Å². The number of nitrogens with zero attached hydrogens (tertiary/aromatic N) is 1. The van der Waals surface area contributed by atoms with Gasteiger partial charge >= 0.3 is 5.97 Å². The average Bonchev–Trinajstić information content (AvgIpc) is 2.46. The van der Waals surface area contributed by atoms with Gasteiger partial charge in [-0.05, 0) is 37.6 Å². The fraction of sp³-hybridized carbons (Fsp3) is 0.200. The van der Waals surface area contributed by atoms with E-state index >= 15 is 0 Å². The number of carboxylic acids is 1. The molecule has 0 atom stereocenters. The molecule has 1 aromatic rings. The van der Waals surface area contributed by atoms with Crippen LogP contribution in [0, 0.1) is 6.92 Å². The topological polar surface area (TPSA) is 106 Å². The van der Waals surface area contributed by atoms with E-state index in [-0.39, 0.29) is 22.0 Å². The predicted octanol–water partition coefficient (Wildman–Crippen LogP) is 2.24. The third-order valence-corrected chi connectivity index (χ3v) is 4.22. The zero-order chi connectivity index (χ0) is 17.6. The van der Waals surface area contributed by atoms with E-state index in [0.29, 0.717) is 0 Å². The Kier molecular flexibility index (Phi) is 6.09. The van der Waals surface area contributed by atoms with Crippen LogP contribution >= 0.6 is 0 Å². The van der Waals surface area contributed by atoms with E-state index in [1.165, 1.54) is 32.3 Å². The summed E-state index contributed by atoms with van der Waals surface area (Å²) in [5.41, 5.74) is 0.839. The minimum atomic E-state index is -3.82. The van der Waals surface area contributed by atoms with E-state index in [1.54, 1.807) is 19.2 Å². The van der Waals surface area contributed by atoms with Gasteiger partial charge in [-0.15, -0.1) is 0 Å². The number of rotatable bonds is 7. The van der Waals surface area contributed by atoms with Crippen LogP contribution in [0.1, 0.15) is 12.5 Å². The van der Waals surface area contributed by atoms with Crippen molar-refractivity contribution in [2.24, 2.45) is 0 Å². The van der Waals surface area contributed by atoms with E-state index in [0.717, 1.165) is 5.56 Å². The van der Waals surface area contributed by atoms with Crippen molar-refractivity contribution in [1.82, 2.24) is 4.98 Å². The molecule has 0 unspecified atom stereocenters. The van der Waals surface area contributed by atoms with Crippen LogP contribution in [0.2, 0.25) is 0 Å². The summed E-state index contributed by atoms with van der Waals surface area (Å²) in [6.45, 7) is 6.46. The fourth-order valence-corrected chi connectivity index (χ4v) is 2.33. The summed E-state index contributed by atoms with van der Waals surface area (Å²) in [5.74, 6) is -1.02. The van der Waals surface area contributed by atoms with Crippen molar-refractivity contribution in [3.05, 3.63) is 53.1 Å². The number of methoxy groups -OCH3 is 1. The summed E-state index contributed by atoms with van der Waals surface area (Å²) in [6, 6.07) is 1.60. The maximum absolute atomic E-state index is 12.3. The van der Waals surface area contributed by atoms with E-state index in [1.807, 2.05) is 0 Å². The SMILES string of the molecule is C=C(/C=C\C=C(/C)S(=O)(=O)Nc1cc(C)cnc1OC)C(=O)O. The summed E-state index contributed by atoms with van der Waals surface area (Å²) < 4.78 is 31.9. The smallest absolute Gasteiger partial charge is 0.335 e. The first-order valence-electron chi connectivity index (χ1n) is 6.48. The van der Waals surface area contributed by atoms with Crippen molar-refractivity contribution in [2.45, 2.75) is 13.8 Å². The van der Waals surface area contributed by atoms with Gasteiger partial charge in [-0.1, -0.05) is 12.7 Å². The van der Waals surface area contributed by atoms with Gasteiger partial charge in [0.2, 0.25) is 5.88 Å². The lowest BCUT2D eigenvalue weighted by atomic mass is 10.3. The molecule has 1 aromatic heterocycles. The lowest BCUT2D eigenvalue weighted by Crippen LogP contribution is -2.14. The molecule has 0 saturated carbocycles. The Bertz CT molecular complexity index is 779. The molecule has 0 spiro atoms. The molecule has 1 heterocycles. The van der Waals surface area contributed by atoms with Crippen LogP contribution in [0.5, 0.6) is 5.88 Å². The molecule has 2 N–H and O–H groups in total. The van der Waals surface area contributed by atoms with Crippen LogP contribution in [-0.2, 0) is 14.8 Å². The number of hydrogen-bond acceptors (Lipinski definition) is 5. The number of sulfonamides is 1. The normalized spacial score (nSPS) is 12.2. The Morgan fingerprint density at radius 2 is 2.13 bits per heavy atom. The number of ether oxygens (including phenoxy) is 1. The zero-order valence-corrected chi connectivity index (χ0v) is 13.8. The standard InChI is InChI=1S/C15H18N2O5S/c1-10-8-13(14(22-4)16-9-10)17-23(20,21)12(3)7-5-6-11(2)15(18)19/h5-9,17H,2H2,1,3-4H3,(H,18,19)/b6-5-,12-7+. The van der Waals surface area contributed by atoms with Gasteiger partial charge < -0.3 is 9.84 Å². The van der Waals surface area contributed by atoms with Crippen LogP contribution in [0.4, 0.5) is 5.69 Å². The average molecular weight is 338 g/mol. The Balaban J connectivity index is 3.01. The number of aliphatic carboxylic acids is 1. The summed E-state index contributed by atoms with van der Waals surface area (Å²) in [7, 11) is -2.43. The molecule has 8 heteroatoms. The fourth-order valence-electron chi connectivity index (χ4n) is 1.48. The lowest BCUT2D eigenvalue weighted by Gasteiger charge is -2.11. The molecule has 23 heavy (non-hydrogen) atoms. The number of nitrogens with one attached hydrogen (secondary N) is 1. The molecule has 0 fully saturated rings. The summed E-state index contributed by atoms with van der Waals surface area (Å²) in [5, 5.41) is 8.66. The van der Waals surface area contributed by atoms with E-state index in [4.69, 9.17) is 9.84 Å². The van der Waals surface area contributed by atoms with E-state index < -0.39 is 16.0 Å². The Hall–Kier alpha value is -2.61. The van der Waals surface area contributed by atoms with Gasteiger partial charge in [0.25, 0.3) is 10.0 Å². The number of carbonyl (C=O) groups is 1. The highest BCUT2D eigenvalue weighted by Crippen LogP contribution is 2.24. The molecular formula is C15H18N2O5S. The van der Waals surface area contributed by atoms with Crippen LogP contribution in [0.3, 0.4) is 0 Å². The van der Waals surface area contributed by atoms with Gasteiger partial charge in [-0.25, -0.2) is 18.2 Å². The number of carboxylic acid groups (broad SMARTS) is 1. The van der Waals surface area contributed by atoms with Crippen LogP contribution in [-0.4, -0.2) is 31.6 Å². The quantitative estimate of drug-likeness (QED) is 0.583. The van der Waals surface area contributed by atoms with Crippen molar-refractivity contribution >= 4 is 21.7 Å². The summed E-state index contributed by atoms with van der Waals surface area (Å²) in [6.07, 6.45) is 5.33. The Morgan fingerprint density at radius 3 is 2.70 bits per heavy atom. The molecule has 0 bridgehead atoms. The second kappa shape index (κ2) is 7.59. The molecule has 0 radical (unpaired) electrons. The molecule has 0 amide bonds. The van der Waals surface area contributed by atoms with Crippen LogP contribution < -0.4 is 9.46 Å². The number of allylic oxidation sites excluding steroid dienone is 3. The minimum Gasteiger partial charge on any atom is -0.480 e. The maximum atomic E-state index is 12.3. The molecule has 0 aliphatic rings. The highest BCUT2D eigenvalue weighted by Gasteiger charge is 2.16. The third kappa shape index (κ3) is 5.26. The van der Waals surface area contributed by atoms with Crippen molar-refractivity contribution in [1.29, 1.82) is 0 Å². The molecule has 0 aliphatic carbocycles. The first kappa shape index (κ1) is 18.4. The largest absolute Gasteiger partial charge is 0.480 e. The Labute approximate surface area is 135 Å². The Morgan fingerprint density at radius 1 is 1.48 bits per heavy atom. The molecule has 0 aromatic carbocycles. The number of aryl methyl sites for hydroxylation is 1. The minimum absolute atomic E-state index is 0.00417. The molecule has 124 valence electrons. The zero-order valence-electron chi connectivity index (χ0n) is 13.0. The van der Waals surface area contributed by atoms with Gasteiger partial charge in [0, 0.05) is 6.20 Å².